The van der Waals surface area contributed by atoms with E-state index in [-0.39, 0.29) is 22.8 Å². The van der Waals surface area contributed by atoms with Crippen LogP contribution in [0.3, 0.4) is 0 Å². The minimum Gasteiger partial charge on any atom is -0.484 e. The summed E-state index contributed by atoms with van der Waals surface area (Å²) in [7, 11) is 0. The standard InChI is InChI=1S/C21H15N3O4S/c22-9-14-17(11-4-3-5-12(8-11)27-10-16(23)25)18-19(28-20(14)24)13-6-1-2-7-15(13)29-21(18)26/h1-8,17H,10,24H2,(H2,23,25)/t17-/m1/s1. The van der Waals surface area contributed by atoms with Crippen molar-refractivity contribution in [2.75, 3.05) is 6.61 Å². The quantitative estimate of drug-likeness (QED) is 0.686. The Morgan fingerprint density at radius 1 is 1.24 bits per heavy atom. The predicted molar refractivity (Wildman–Crippen MR) is 109 cm³/mol. The van der Waals surface area contributed by atoms with E-state index in [9.17, 15) is 14.9 Å². The molecule has 1 aromatic heterocycles. The molecule has 144 valence electrons. The number of ether oxygens (including phenoxy) is 2. The number of primary amides is 1. The zero-order valence-electron chi connectivity index (χ0n) is 15.0. The predicted octanol–water partition coefficient (Wildman–Crippen LogP) is 2.34. The number of nitrogens with zero attached hydrogens (tertiary/aromatic N) is 1. The lowest BCUT2D eigenvalue weighted by molar-refractivity contribution is -0.119. The number of hydrogen-bond donors (Lipinski definition) is 2. The van der Waals surface area contributed by atoms with Crippen LogP contribution in [0.2, 0.25) is 0 Å². The first kappa shape index (κ1) is 18.5. The molecule has 7 nitrogen and oxygen atoms in total. The van der Waals surface area contributed by atoms with Gasteiger partial charge >= 0.3 is 0 Å². The van der Waals surface area contributed by atoms with Gasteiger partial charge in [0.05, 0.1) is 11.5 Å². The number of carbonyl (C=O) groups is 1. The Labute approximate surface area is 169 Å². The normalized spacial score (nSPS) is 15.3. The lowest BCUT2D eigenvalue weighted by Gasteiger charge is -2.26. The van der Waals surface area contributed by atoms with Crippen LogP contribution in [0.25, 0.3) is 10.1 Å². The van der Waals surface area contributed by atoms with Crippen LogP contribution >= 0.6 is 11.3 Å². The summed E-state index contributed by atoms with van der Waals surface area (Å²) < 4.78 is 11.7. The van der Waals surface area contributed by atoms with Crippen molar-refractivity contribution in [2.45, 2.75) is 5.92 Å². The summed E-state index contributed by atoms with van der Waals surface area (Å²) in [5, 5.41) is 10.5. The molecule has 0 saturated carbocycles. The number of allylic oxidation sites excluding steroid dienone is 1. The van der Waals surface area contributed by atoms with Crippen LogP contribution in [0.1, 0.15) is 17.0 Å². The van der Waals surface area contributed by atoms with Crippen LogP contribution < -0.4 is 25.7 Å². The fourth-order valence-corrected chi connectivity index (χ4v) is 4.28. The topological polar surface area (TPSA) is 128 Å². The summed E-state index contributed by atoms with van der Waals surface area (Å²) >= 11 is 1.09. The number of rotatable bonds is 4. The summed E-state index contributed by atoms with van der Waals surface area (Å²) in [5.74, 6) is -0.622. The number of carbonyl (C=O) groups excluding carboxylic acids is 1. The molecule has 4 N–H and O–H groups in total. The van der Waals surface area contributed by atoms with Gasteiger partial charge in [-0.15, -0.1) is 0 Å². The number of benzene rings is 2. The van der Waals surface area contributed by atoms with E-state index in [2.05, 4.69) is 6.07 Å². The fourth-order valence-electron chi connectivity index (χ4n) is 3.34. The number of fused-ring (bicyclic) bond motifs is 3. The molecule has 2 heterocycles. The maximum Gasteiger partial charge on any atom is 0.255 e. The maximum absolute atomic E-state index is 13.0. The van der Waals surface area contributed by atoms with Gasteiger partial charge in [0.1, 0.15) is 23.1 Å². The third-order valence-electron chi connectivity index (χ3n) is 4.55. The van der Waals surface area contributed by atoms with Crippen LogP contribution in [-0.2, 0) is 4.79 Å². The highest BCUT2D eigenvalue weighted by Crippen LogP contribution is 2.44. The maximum atomic E-state index is 13.0. The van der Waals surface area contributed by atoms with Crippen molar-refractivity contribution in [1.82, 2.24) is 0 Å². The first-order chi connectivity index (χ1) is 14.0. The van der Waals surface area contributed by atoms with Gasteiger partial charge in [0, 0.05) is 10.1 Å². The summed E-state index contributed by atoms with van der Waals surface area (Å²) in [5.41, 5.74) is 12.3. The highest BCUT2D eigenvalue weighted by Gasteiger charge is 2.34. The summed E-state index contributed by atoms with van der Waals surface area (Å²) in [4.78, 5) is 24.0. The number of nitrogens with two attached hydrogens (primary N) is 2. The molecule has 1 atom stereocenters. The van der Waals surface area contributed by atoms with Gasteiger partial charge in [-0.2, -0.15) is 5.26 Å². The molecular weight excluding hydrogens is 390 g/mol. The van der Waals surface area contributed by atoms with E-state index in [1.54, 1.807) is 24.3 Å². The lowest BCUT2D eigenvalue weighted by Crippen LogP contribution is -2.25. The molecule has 8 heteroatoms. The Morgan fingerprint density at radius 3 is 2.79 bits per heavy atom. The van der Waals surface area contributed by atoms with Gasteiger partial charge in [-0.25, -0.2) is 0 Å². The Bertz CT molecular complexity index is 1270. The average molecular weight is 405 g/mol. The van der Waals surface area contributed by atoms with Crippen LogP contribution in [0.4, 0.5) is 0 Å². The molecule has 1 aliphatic rings. The Hall–Kier alpha value is -3.83. The van der Waals surface area contributed by atoms with E-state index in [0.717, 1.165) is 21.4 Å². The fraction of sp³-hybridized carbons (Fsp3) is 0.0952. The third-order valence-corrected chi connectivity index (χ3v) is 5.53. The van der Waals surface area contributed by atoms with Crippen LogP contribution in [0, 0.1) is 11.3 Å². The van der Waals surface area contributed by atoms with Gasteiger partial charge in [-0.05, 0) is 29.8 Å². The summed E-state index contributed by atoms with van der Waals surface area (Å²) in [6.45, 7) is -0.281. The van der Waals surface area contributed by atoms with Gasteiger partial charge in [0.2, 0.25) is 10.6 Å². The molecule has 0 bridgehead atoms. The first-order valence-corrected chi connectivity index (χ1v) is 9.45. The Kier molecular flexibility index (Phi) is 4.66. The minimum absolute atomic E-state index is 0.0470. The van der Waals surface area contributed by atoms with Crippen molar-refractivity contribution in [1.29, 1.82) is 5.26 Å². The summed E-state index contributed by atoms with van der Waals surface area (Å²) in [6.07, 6.45) is 0. The van der Waals surface area contributed by atoms with Gasteiger partial charge in [-0.1, -0.05) is 35.6 Å². The molecule has 2 aromatic carbocycles. The van der Waals surface area contributed by atoms with E-state index < -0.39 is 11.8 Å². The molecule has 0 fully saturated rings. The van der Waals surface area contributed by atoms with E-state index in [0.29, 0.717) is 22.6 Å². The molecule has 1 aliphatic heterocycles. The van der Waals surface area contributed by atoms with Gasteiger partial charge < -0.3 is 20.9 Å². The van der Waals surface area contributed by atoms with Crippen molar-refractivity contribution >= 4 is 27.3 Å². The molecule has 3 aromatic rings. The number of hydrogen-bond acceptors (Lipinski definition) is 7. The average Bonchev–Trinajstić information content (AvgIpc) is 2.71. The molecule has 0 aliphatic carbocycles. The van der Waals surface area contributed by atoms with Gasteiger partial charge in [-0.3, -0.25) is 9.59 Å². The molecule has 0 unspecified atom stereocenters. The van der Waals surface area contributed by atoms with Crippen molar-refractivity contribution in [3.63, 3.8) is 0 Å². The smallest absolute Gasteiger partial charge is 0.255 e. The van der Waals surface area contributed by atoms with Gasteiger partial charge in [0.15, 0.2) is 6.61 Å². The van der Waals surface area contributed by atoms with E-state index in [1.165, 1.54) is 0 Å². The molecule has 1 amide bonds. The molecular formula is C21H15N3O4S. The van der Waals surface area contributed by atoms with E-state index >= 15 is 0 Å². The highest BCUT2D eigenvalue weighted by atomic mass is 32.1. The zero-order chi connectivity index (χ0) is 20.5. The Morgan fingerprint density at radius 2 is 2.03 bits per heavy atom. The second kappa shape index (κ2) is 7.30. The molecule has 29 heavy (non-hydrogen) atoms. The lowest BCUT2D eigenvalue weighted by atomic mass is 9.84. The SMILES string of the molecule is N#CC1=C(N)Oc2c(c(=O)sc3ccccc23)[C@@H]1c1cccc(OCC(N)=O)c1. The van der Waals surface area contributed by atoms with E-state index in [4.69, 9.17) is 20.9 Å². The third kappa shape index (κ3) is 3.28. The van der Waals surface area contributed by atoms with Crippen molar-refractivity contribution < 1.29 is 14.3 Å². The Balaban J connectivity index is 1.93. The molecule has 0 spiro atoms. The molecule has 4 rings (SSSR count). The van der Waals surface area contributed by atoms with Crippen molar-refractivity contribution in [2.24, 2.45) is 11.5 Å². The van der Waals surface area contributed by atoms with Crippen LogP contribution in [-0.4, -0.2) is 12.5 Å². The van der Waals surface area contributed by atoms with Gasteiger partial charge in [0.25, 0.3) is 5.91 Å². The zero-order valence-corrected chi connectivity index (χ0v) is 15.9. The highest BCUT2D eigenvalue weighted by molar-refractivity contribution is 7.16. The largest absolute Gasteiger partial charge is 0.484 e. The second-order valence-electron chi connectivity index (χ2n) is 6.38. The minimum atomic E-state index is -0.714. The van der Waals surface area contributed by atoms with Crippen LogP contribution in [0.15, 0.2) is 64.8 Å². The number of amides is 1. The van der Waals surface area contributed by atoms with Crippen molar-refractivity contribution in [3.8, 4) is 17.6 Å². The van der Waals surface area contributed by atoms with E-state index in [1.807, 2.05) is 24.3 Å². The van der Waals surface area contributed by atoms with Crippen LogP contribution in [0.5, 0.6) is 11.5 Å². The monoisotopic (exact) mass is 405 g/mol. The summed E-state index contributed by atoms with van der Waals surface area (Å²) in [6, 6.07) is 16.2. The molecule has 0 saturated heterocycles. The first-order valence-electron chi connectivity index (χ1n) is 8.64. The number of nitriles is 1. The second-order valence-corrected chi connectivity index (χ2v) is 7.40. The van der Waals surface area contributed by atoms with Crippen molar-refractivity contribution in [3.05, 3.63) is 80.7 Å². The molecule has 0 radical (unpaired) electrons.